The van der Waals surface area contributed by atoms with E-state index in [4.69, 9.17) is 5.73 Å². The number of benzene rings is 1. The van der Waals surface area contributed by atoms with Crippen LogP contribution in [0.4, 0.5) is 10.2 Å². The maximum atomic E-state index is 13.6. The number of aryl methyl sites for hydroxylation is 1. The van der Waals surface area contributed by atoms with Crippen LogP contribution in [0.3, 0.4) is 0 Å². The minimum atomic E-state index is -0.292. The molecule has 2 aromatic rings. The van der Waals surface area contributed by atoms with E-state index in [1.807, 2.05) is 6.92 Å². The molecule has 0 amide bonds. The number of rotatable bonds is 1. The number of aromatic nitrogens is 2. The molecule has 5 heteroatoms. The van der Waals surface area contributed by atoms with Gasteiger partial charge in [-0.3, -0.25) is 5.10 Å². The molecular weight excluding hydrogens is 261 g/mol. The van der Waals surface area contributed by atoms with Gasteiger partial charge in [-0.2, -0.15) is 5.10 Å². The first-order valence-electron chi connectivity index (χ1n) is 4.35. The molecule has 3 nitrogen and oxygen atoms in total. The smallest absolute Gasteiger partial charge is 0.145 e. The first-order valence-corrected chi connectivity index (χ1v) is 5.14. The van der Waals surface area contributed by atoms with Crippen LogP contribution in [0.15, 0.2) is 22.7 Å². The molecule has 3 N–H and O–H groups in total. The molecule has 0 saturated carbocycles. The van der Waals surface area contributed by atoms with Crippen LogP contribution in [0.2, 0.25) is 0 Å². The minimum absolute atomic E-state index is 0.292. The standard InChI is InChI=1S/C10H9BrFN3/c1-5-2-8(12)6(3-7(5)11)9-4-10(13)15-14-9/h2-4H,1H3,(H3,13,14,15). The lowest BCUT2D eigenvalue weighted by Crippen LogP contribution is -1.87. The van der Waals surface area contributed by atoms with Gasteiger partial charge in [0, 0.05) is 16.1 Å². The molecule has 0 atom stereocenters. The number of hydrogen-bond donors (Lipinski definition) is 2. The summed E-state index contributed by atoms with van der Waals surface area (Å²) in [4.78, 5) is 0. The lowest BCUT2D eigenvalue weighted by molar-refractivity contribution is 0.629. The summed E-state index contributed by atoms with van der Waals surface area (Å²) in [6, 6.07) is 4.77. The van der Waals surface area contributed by atoms with Crippen LogP contribution in [0.25, 0.3) is 11.3 Å². The number of halogens is 2. The van der Waals surface area contributed by atoms with Gasteiger partial charge < -0.3 is 5.73 Å². The molecule has 0 aliphatic carbocycles. The Morgan fingerprint density at radius 1 is 1.40 bits per heavy atom. The van der Waals surface area contributed by atoms with Crippen LogP contribution < -0.4 is 5.73 Å². The van der Waals surface area contributed by atoms with Crippen LogP contribution >= 0.6 is 15.9 Å². The Kier molecular flexibility index (Phi) is 2.48. The van der Waals surface area contributed by atoms with E-state index < -0.39 is 0 Å². The molecule has 0 spiro atoms. The minimum Gasteiger partial charge on any atom is -0.382 e. The van der Waals surface area contributed by atoms with Gasteiger partial charge in [-0.05, 0) is 24.6 Å². The summed E-state index contributed by atoms with van der Waals surface area (Å²) < 4.78 is 14.5. The van der Waals surface area contributed by atoms with Crippen molar-refractivity contribution in [1.29, 1.82) is 0 Å². The van der Waals surface area contributed by atoms with Gasteiger partial charge in [0.15, 0.2) is 0 Å². The second-order valence-electron chi connectivity index (χ2n) is 3.29. The molecule has 0 radical (unpaired) electrons. The van der Waals surface area contributed by atoms with E-state index in [1.54, 1.807) is 12.1 Å². The highest BCUT2D eigenvalue weighted by molar-refractivity contribution is 9.10. The molecule has 0 unspecified atom stereocenters. The van der Waals surface area contributed by atoms with E-state index in [9.17, 15) is 4.39 Å². The normalized spacial score (nSPS) is 10.6. The van der Waals surface area contributed by atoms with E-state index in [0.29, 0.717) is 17.1 Å². The van der Waals surface area contributed by atoms with Crippen molar-refractivity contribution in [2.45, 2.75) is 6.92 Å². The molecule has 1 aromatic carbocycles. The van der Waals surface area contributed by atoms with Gasteiger partial charge in [-0.1, -0.05) is 15.9 Å². The van der Waals surface area contributed by atoms with Gasteiger partial charge in [0.2, 0.25) is 0 Å². The summed E-state index contributed by atoms with van der Waals surface area (Å²) in [7, 11) is 0. The Bertz CT molecular complexity index is 507. The van der Waals surface area contributed by atoms with Crippen molar-refractivity contribution in [3.8, 4) is 11.3 Å². The van der Waals surface area contributed by atoms with Gasteiger partial charge >= 0.3 is 0 Å². The highest BCUT2D eigenvalue weighted by Crippen LogP contribution is 2.28. The highest BCUT2D eigenvalue weighted by atomic mass is 79.9. The Hall–Kier alpha value is -1.36. The number of nitrogens with one attached hydrogen (secondary N) is 1. The van der Waals surface area contributed by atoms with Gasteiger partial charge in [0.05, 0.1) is 5.69 Å². The average molecular weight is 270 g/mol. The number of anilines is 1. The van der Waals surface area contributed by atoms with Crippen LogP contribution in [0.1, 0.15) is 5.56 Å². The molecule has 0 bridgehead atoms. The fourth-order valence-electron chi connectivity index (χ4n) is 1.33. The molecule has 2 rings (SSSR count). The third-order valence-electron chi connectivity index (χ3n) is 2.14. The van der Waals surface area contributed by atoms with E-state index in [-0.39, 0.29) is 5.82 Å². The summed E-state index contributed by atoms with van der Waals surface area (Å²) in [6.07, 6.45) is 0. The van der Waals surface area contributed by atoms with Crippen molar-refractivity contribution >= 4 is 21.7 Å². The monoisotopic (exact) mass is 269 g/mol. The molecule has 15 heavy (non-hydrogen) atoms. The Morgan fingerprint density at radius 3 is 2.73 bits per heavy atom. The Morgan fingerprint density at radius 2 is 2.13 bits per heavy atom. The lowest BCUT2D eigenvalue weighted by Gasteiger charge is -2.03. The van der Waals surface area contributed by atoms with E-state index in [0.717, 1.165) is 10.0 Å². The first kappa shape index (κ1) is 10.2. The largest absolute Gasteiger partial charge is 0.382 e. The van der Waals surface area contributed by atoms with Crippen LogP contribution in [0.5, 0.6) is 0 Å². The average Bonchev–Trinajstić information content (AvgIpc) is 2.58. The van der Waals surface area contributed by atoms with Crippen LogP contribution in [0, 0.1) is 12.7 Å². The zero-order valence-electron chi connectivity index (χ0n) is 8.01. The number of H-pyrrole nitrogens is 1. The quantitative estimate of drug-likeness (QED) is 0.837. The Balaban J connectivity index is 2.58. The summed E-state index contributed by atoms with van der Waals surface area (Å²) in [5, 5.41) is 6.43. The zero-order chi connectivity index (χ0) is 11.0. The highest BCUT2D eigenvalue weighted by Gasteiger charge is 2.10. The molecule has 78 valence electrons. The summed E-state index contributed by atoms with van der Waals surface area (Å²) in [5.74, 6) is 0.0560. The first-order chi connectivity index (χ1) is 7.08. The van der Waals surface area contributed by atoms with Crippen molar-refractivity contribution in [3.63, 3.8) is 0 Å². The molecule has 0 aliphatic heterocycles. The van der Waals surface area contributed by atoms with Crippen molar-refractivity contribution in [2.24, 2.45) is 0 Å². The van der Waals surface area contributed by atoms with Crippen molar-refractivity contribution < 1.29 is 4.39 Å². The fraction of sp³-hybridized carbons (Fsp3) is 0.100. The van der Waals surface area contributed by atoms with Crippen molar-refractivity contribution in [1.82, 2.24) is 10.2 Å². The maximum absolute atomic E-state index is 13.6. The number of nitrogens with zero attached hydrogens (tertiary/aromatic N) is 1. The number of aromatic amines is 1. The van der Waals surface area contributed by atoms with Crippen molar-refractivity contribution in [3.05, 3.63) is 34.1 Å². The van der Waals surface area contributed by atoms with Crippen molar-refractivity contribution in [2.75, 3.05) is 5.73 Å². The number of nitrogen functional groups attached to an aromatic ring is 1. The molecule has 0 fully saturated rings. The summed E-state index contributed by atoms with van der Waals surface area (Å²) >= 11 is 3.35. The predicted molar refractivity (Wildman–Crippen MR) is 60.8 cm³/mol. The maximum Gasteiger partial charge on any atom is 0.145 e. The third-order valence-corrected chi connectivity index (χ3v) is 2.99. The SMILES string of the molecule is Cc1cc(F)c(-c2cc(N)n[nH]2)cc1Br. The fourth-order valence-corrected chi connectivity index (χ4v) is 1.67. The molecule has 1 aromatic heterocycles. The van der Waals surface area contributed by atoms with Gasteiger partial charge in [-0.25, -0.2) is 4.39 Å². The molecule has 1 heterocycles. The van der Waals surface area contributed by atoms with E-state index in [2.05, 4.69) is 26.1 Å². The molecule has 0 saturated heterocycles. The summed E-state index contributed by atoms with van der Waals surface area (Å²) in [5.41, 5.74) is 7.34. The van der Waals surface area contributed by atoms with Gasteiger partial charge in [0.25, 0.3) is 0 Å². The van der Waals surface area contributed by atoms with Crippen LogP contribution in [-0.4, -0.2) is 10.2 Å². The number of nitrogens with two attached hydrogens (primary N) is 1. The van der Waals surface area contributed by atoms with E-state index >= 15 is 0 Å². The second kappa shape index (κ2) is 3.66. The van der Waals surface area contributed by atoms with Gasteiger partial charge in [0.1, 0.15) is 11.6 Å². The van der Waals surface area contributed by atoms with Gasteiger partial charge in [-0.15, -0.1) is 0 Å². The van der Waals surface area contributed by atoms with E-state index in [1.165, 1.54) is 6.07 Å². The third kappa shape index (κ3) is 1.87. The molecule has 0 aliphatic rings. The van der Waals surface area contributed by atoms with Crippen LogP contribution in [-0.2, 0) is 0 Å². The molecular formula is C10H9BrFN3. The second-order valence-corrected chi connectivity index (χ2v) is 4.14. The number of hydrogen-bond acceptors (Lipinski definition) is 2. The summed E-state index contributed by atoms with van der Waals surface area (Å²) in [6.45, 7) is 1.83. The zero-order valence-corrected chi connectivity index (χ0v) is 9.60. The topological polar surface area (TPSA) is 54.7 Å². The Labute approximate surface area is 94.6 Å². The lowest BCUT2D eigenvalue weighted by atomic mass is 10.1. The predicted octanol–water partition coefficient (Wildman–Crippen LogP) is 2.87.